The highest BCUT2D eigenvalue weighted by molar-refractivity contribution is 7.89. The van der Waals surface area contributed by atoms with Crippen molar-refractivity contribution >= 4 is 21.1 Å². The first-order valence-electron chi connectivity index (χ1n) is 11.2. The van der Waals surface area contributed by atoms with E-state index in [0.29, 0.717) is 18.2 Å². The van der Waals surface area contributed by atoms with Crippen molar-refractivity contribution in [3.8, 4) is 5.75 Å². The first-order chi connectivity index (χ1) is 16.0. The number of hydrogen-bond donors (Lipinski definition) is 1. The Morgan fingerprint density at radius 3 is 2.76 bits per heavy atom. The van der Waals surface area contributed by atoms with Gasteiger partial charge in [0, 0.05) is 19.3 Å². The Kier molecular flexibility index (Phi) is 4.77. The molecule has 4 aromatic rings. The van der Waals surface area contributed by atoms with Crippen LogP contribution in [0.5, 0.6) is 5.75 Å². The molecule has 6 rings (SSSR count). The SMILES string of the molecule is Cn1cnc(S(=O)(=O)N2[C@@H]3CC[C@@H](C3)[C@H]2c2nc3c(OCc4ccccc4)cccc3[nH]2)c1. The van der Waals surface area contributed by atoms with Crippen molar-refractivity contribution in [3.63, 3.8) is 0 Å². The molecule has 2 aromatic carbocycles. The van der Waals surface area contributed by atoms with Crippen LogP contribution in [0.4, 0.5) is 0 Å². The average molecular weight is 464 g/mol. The van der Waals surface area contributed by atoms with E-state index >= 15 is 0 Å². The number of aromatic amines is 1. The first kappa shape index (κ1) is 20.4. The normalized spacial score (nSPS) is 22.9. The number of imidazole rings is 2. The number of H-pyrrole nitrogens is 1. The molecule has 1 saturated heterocycles. The van der Waals surface area contributed by atoms with E-state index < -0.39 is 10.0 Å². The summed E-state index contributed by atoms with van der Waals surface area (Å²) in [5.41, 5.74) is 2.64. The summed E-state index contributed by atoms with van der Waals surface area (Å²) in [7, 11) is -1.96. The van der Waals surface area contributed by atoms with Crippen LogP contribution in [0.25, 0.3) is 11.0 Å². The van der Waals surface area contributed by atoms with Crippen molar-refractivity contribution in [2.75, 3.05) is 0 Å². The zero-order valence-electron chi connectivity index (χ0n) is 18.3. The molecule has 3 atom stereocenters. The minimum atomic E-state index is -3.73. The fourth-order valence-corrected chi connectivity index (χ4v) is 7.13. The van der Waals surface area contributed by atoms with Crippen LogP contribution in [0.1, 0.15) is 36.7 Å². The summed E-state index contributed by atoms with van der Waals surface area (Å²) in [4.78, 5) is 12.4. The number of para-hydroxylation sites is 1. The number of piperidine rings is 1. The minimum Gasteiger partial charge on any atom is -0.487 e. The molecule has 1 N–H and O–H groups in total. The summed E-state index contributed by atoms with van der Waals surface area (Å²) in [5.74, 6) is 1.59. The van der Waals surface area contributed by atoms with Gasteiger partial charge in [-0.2, -0.15) is 4.31 Å². The molecule has 1 aliphatic carbocycles. The van der Waals surface area contributed by atoms with Crippen LogP contribution in [0.3, 0.4) is 0 Å². The van der Waals surface area contributed by atoms with Gasteiger partial charge in [-0.25, -0.2) is 18.4 Å². The Balaban J connectivity index is 1.36. The summed E-state index contributed by atoms with van der Waals surface area (Å²) in [6, 6.07) is 15.4. The van der Waals surface area contributed by atoms with E-state index in [4.69, 9.17) is 9.72 Å². The summed E-state index contributed by atoms with van der Waals surface area (Å²) >= 11 is 0. The Hall–Kier alpha value is -3.17. The van der Waals surface area contributed by atoms with Gasteiger partial charge in [-0.15, -0.1) is 0 Å². The van der Waals surface area contributed by atoms with Gasteiger partial charge in [-0.1, -0.05) is 36.4 Å². The predicted molar refractivity (Wildman–Crippen MR) is 123 cm³/mol. The maximum absolute atomic E-state index is 13.5. The Labute approximate surface area is 192 Å². The highest BCUT2D eigenvalue weighted by Gasteiger charge is 2.53. The molecule has 0 spiro atoms. The van der Waals surface area contributed by atoms with Crippen LogP contribution in [0.15, 0.2) is 66.1 Å². The van der Waals surface area contributed by atoms with Gasteiger partial charge in [0.25, 0.3) is 10.0 Å². The maximum atomic E-state index is 13.5. The lowest BCUT2D eigenvalue weighted by molar-refractivity contribution is 0.237. The number of ether oxygens (including phenoxy) is 1. The van der Waals surface area contributed by atoms with Crippen LogP contribution >= 0.6 is 0 Å². The topological polar surface area (TPSA) is 93.1 Å². The molecule has 170 valence electrons. The first-order valence-corrected chi connectivity index (χ1v) is 12.6. The zero-order chi connectivity index (χ0) is 22.6. The fourth-order valence-electron chi connectivity index (χ4n) is 5.28. The highest BCUT2D eigenvalue weighted by Crippen LogP contribution is 2.52. The third-order valence-electron chi connectivity index (χ3n) is 6.76. The molecule has 33 heavy (non-hydrogen) atoms. The van der Waals surface area contributed by atoms with E-state index in [1.54, 1.807) is 22.1 Å². The molecule has 3 heterocycles. The number of nitrogens with one attached hydrogen (secondary N) is 1. The standard InChI is InChI=1S/C24H25N5O3S/c1-28-13-21(25-15-28)33(30,31)29-18-11-10-17(12-18)23(29)24-26-19-8-5-9-20(22(19)27-24)32-14-16-6-3-2-4-7-16/h2-9,13,15,17-18,23H,10-12,14H2,1H3,(H,26,27)/t17-,18+,23-/m0/s1. The van der Waals surface area contributed by atoms with Gasteiger partial charge in [-0.05, 0) is 42.9 Å². The van der Waals surface area contributed by atoms with Crippen molar-refractivity contribution in [1.29, 1.82) is 0 Å². The molecule has 2 aromatic heterocycles. The van der Waals surface area contributed by atoms with E-state index in [2.05, 4.69) is 9.97 Å². The van der Waals surface area contributed by atoms with E-state index in [1.807, 2.05) is 48.5 Å². The van der Waals surface area contributed by atoms with Crippen molar-refractivity contribution in [2.24, 2.45) is 13.0 Å². The van der Waals surface area contributed by atoms with Crippen molar-refractivity contribution in [1.82, 2.24) is 23.8 Å². The van der Waals surface area contributed by atoms with Crippen LogP contribution < -0.4 is 4.74 Å². The quantitative estimate of drug-likeness (QED) is 0.470. The lowest BCUT2D eigenvalue weighted by atomic mass is 10.00. The third-order valence-corrected chi connectivity index (χ3v) is 8.58. The molecule has 2 fully saturated rings. The molecule has 8 nitrogen and oxygen atoms in total. The predicted octanol–water partition coefficient (Wildman–Crippen LogP) is 3.79. The largest absolute Gasteiger partial charge is 0.487 e. The molecule has 0 unspecified atom stereocenters. The lowest BCUT2D eigenvalue weighted by Crippen LogP contribution is -2.40. The van der Waals surface area contributed by atoms with Gasteiger partial charge in [-0.3, -0.25) is 0 Å². The number of aromatic nitrogens is 4. The summed E-state index contributed by atoms with van der Waals surface area (Å²) in [6.07, 6.45) is 5.81. The van der Waals surface area contributed by atoms with Crippen LogP contribution in [-0.2, 0) is 23.7 Å². The lowest BCUT2D eigenvalue weighted by Gasteiger charge is -2.32. The molecule has 2 aliphatic rings. The van der Waals surface area contributed by atoms with E-state index in [-0.39, 0.29) is 23.0 Å². The Bertz CT molecular complexity index is 1410. The molecule has 1 saturated carbocycles. The number of fused-ring (bicyclic) bond motifs is 3. The third kappa shape index (κ3) is 3.43. The van der Waals surface area contributed by atoms with E-state index in [1.165, 1.54) is 6.33 Å². The number of benzene rings is 2. The molecule has 0 radical (unpaired) electrons. The van der Waals surface area contributed by atoms with Gasteiger partial charge in [0.05, 0.1) is 17.9 Å². The number of nitrogens with zero attached hydrogens (tertiary/aromatic N) is 4. The second-order valence-electron chi connectivity index (χ2n) is 8.93. The molecular weight excluding hydrogens is 438 g/mol. The monoisotopic (exact) mass is 463 g/mol. The van der Waals surface area contributed by atoms with Crippen molar-refractivity contribution in [2.45, 2.75) is 43.0 Å². The zero-order valence-corrected chi connectivity index (χ0v) is 19.1. The smallest absolute Gasteiger partial charge is 0.263 e. The van der Waals surface area contributed by atoms with Crippen molar-refractivity contribution < 1.29 is 13.2 Å². The Morgan fingerprint density at radius 2 is 1.97 bits per heavy atom. The van der Waals surface area contributed by atoms with Gasteiger partial charge >= 0.3 is 0 Å². The minimum absolute atomic E-state index is 0.0194. The summed E-state index contributed by atoms with van der Waals surface area (Å²) in [6.45, 7) is 0.441. The van der Waals surface area contributed by atoms with Crippen LogP contribution in [-0.4, -0.2) is 38.3 Å². The van der Waals surface area contributed by atoms with Crippen LogP contribution in [0.2, 0.25) is 0 Å². The summed E-state index contributed by atoms with van der Waals surface area (Å²) < 4.78 is 36.5. The van der Waals surface area contributed by atoms with Gasteiger partial charge in [0.15, 0.2) is 5.03 Å². The van der Waals surface area contributed by atoms with Gasteiger partial charge in [0.1, 0.15) is 23.7 Å². The number of rotatable bonds is 6. The average Bonchev–Trinajstić information content (AvgIpc) is 3.60. The molecule has 9 heteroatoms. The van der Waals surface area contributed by atoms with Gasteiger partial charge < -0.3 is 14.3 Å². The van der Waals surface area contributed by atoms with E-state index in [0.717, 1.165) is 35.9 Å². The Morgan fingerprint density at radius 1 is 1.12 bits per heavy atom. The number of aryl methyl sites for hydroxylation is 1. The fraction of sp³-hybridized carbons (Fsp3) is 0.333. The number of sulfonamides is 1. The second kappa shape index (κ2) is 7.71. The van der Waals surface area contributed by atoms with Crippen molar-refractivity contribution in [3.05, 3.63) is 72.4 Å². The van der Waals surface area contributed by atoms with Gasteiger partial charge in [0.2, 0.25) is 0 Å². The highest BCUT2D eigenvalue weighted by atomic mass is 32.2. The molecule has 0 amide bonds. The van der Waals surface area contributed by atoms with E-state index in [9.17, 15) is 8.42 Å². The molecular formula is C24H25N5O3S. The number of hydrogen-bond acceptors (Lipinski definition) is 5. The summed E-state index contributed by atoms with van der Waals surface area (Å²) in [5, 5.41) is 0.0885. The molecule has 1 aliphatic heterocycles. The maximum Gasteiger partial charge on any atom is 0.263 e. The molecule has 2 bridgehead atoms. The second-order valence-corrected chi connectivity index (χ2v) is 10.7. The van der Waals surface area contributed by atoms with Crippen LogP contribution in [0, 0.1) is 5.92 Å².